The Morgan fingerprint density at radius 3 is 2.78 bits per heavy atom. The third-order valence-corrected chi connectivity index (χ3v) is 5.87. The molecule has 6 nitrogen and oxygen atoms in total. The molecule has 1 N–H and O–H groups in total. The summed E-state index contributed by atoms with van der Waals surface area (Å²) in [6.45, 7) is 0.444. The van der Waals surface area contributed by atoms with E-state index in [4.69, 9.17) is 32.4 Å². The maximum absolute atomic E-state index is 12.4. The summed E-state index contributed by atoms with van der Waals surface area (Å²) >= 11 is 13.2. The van der Waals surface area contributed by atoms with Crippen molar-refractivity contribution in [3.05, 3.63) is 76.6 Å². The molecule has 0 fully saturated rings. The highest BCUT2D eigenvalue weighted by molar-refractivity contribution is 7.99. The van der Waals surface area contributed by atoms with E-state index in [1.54, 1.807) is 18.2 Å². The van der Waals surface area contributed by atoms with Crippen LogP contribution in [-0.2, 0) is 11.2 Å². The molecule has 164 valence electrons. The monoisotopic (exact) mass is 487 g/mol. The van der Waals surface area contributed by atoms with Crippen LogP contribution in [0.15, 0.2) is 70.3 Å². The minimum atomic E-state index is -0.139. The van der Waals surface area contributed by atoms with Crippen molar-refractivity contribution in [2.75, 3.05) is 17.7 Å². The molecule has 0 aliphatic heterocycles. The van der Waals surface area contributed by atoms with Gasteiger partial charge in [-0.05, 0) is 36.1 Å². The summed E-state index contributed by atoms with van der Waals surface area (Å²) in [6, 6.07) is 18.8. The average molecular weight is 488 g/mol. The summed E-state index contributed by atoms with van der Waals surface area (Å²) in [5.41, 5.74) is 0.778. The highest BCUT2D eigenvalue weighted by Gasteiger charge is 2.11. The molecule has 1 amide bonds. The molecule has 3 aromatic carbocycles. The number of nitrogens with one attached hydrogen (secondary N) is 1. The van der Waals surface area contributed by atoms with Crippen LogP contribution in [0.25, 0.3) is 10.8 Å². The smallest absolute Gasteiger partial charge is 0.277 e. The fourth-order valence-electron chi connectivity index (χ4n) is 3.04. The number of anilines is 1. The number of aromatic nitrogens is 2. The van der Waals surface area contributed by atoms with Crippen molar-refractivity contribution in [1.29, 1.82) is 0 Å². The molecule has 1 aromatic heterocycles. The molecular weight excluding hydrogens is 469 g/mol. The molecule has 4 aromatic rings. The van der Waals surface area contributed by atoms with E-state index in [0.29, 0.717) is 46.4 Å². The van der Waals surface area contributed by atoms with Gasteiger partial charge in [0, 0.05) is 22.5 Å². The van der Waals surface area contributed by atoms with E-state index < -0.39 is 0 Å². The zero-order valence-electron chi connectivity index (χ0n) is 16.9. The van der Waals surface area contributed by atoms with Crippen LogP contribution in [0.4, 0.5) is 5.69 Å². The molecule has 0 saturated carbocycles. The Labute approximate surface area is 199 Å². The Kier molecular flexibility index (Phi) is 7.52. The Balaban J connectivity index is 1.22. The predicted molar refractivity (Wildman–Crippen MR) is 128 cm³/mol. The molecule has 0 aliphatic carbocycles. The van der Waals surface area contributed by atoms with Crippen LogP contribution in [0, 0.1) is 0 Å². The number of hydrogen-bond acceptors (Lipinski definition) is 6. The second kappa shape index (κ2) is 10.7. The van der Waals surface area contributed by atoms with Gasteiger partial charge in [-0.1, -0.05) is 71.4 Å². The third kappa shape index (κ3) is 5.94. The van der Waals surface area contributed by atoms with Gasteiger partial charge in [0.05, 0.1) is 17.4 Å². The van der Waals surface area contributed by atoms with Crippen molar-refractivity contribution in [3.63, 3.8) is 0 Å². The van der Waals surface area contributed by atoms with Gasteiger partial charge < -0.3 is 14.5 Å². The first-order chi connectivity index (χ1) is 15.6. The number of aryl methyl sites for hydroxylation is 1. The molecule has 32 heavy (non-hydrogen) atoms. The fourth-order valence-corrected chi connectivity index (χ4v) is 4.09. The normalized spacial score (nSPS) is 10.9. The summed E-state index contributed by atoms with van der Waals surface area (Å²) in [4.78, 5) is 12.4. The van der Waals surface area contributed by atoms with Crippen molar-refractivity contribution in [3.8, 4) is 5.75 Å². The zero-order valence-corrected chi connectivity index (χ0v) is 19.2. The summed E-state index contributed by atoms with van der Waals surface area (Å²) in [6.07, 6.45) is 1.23. The number of ether oxygens (including phenoxy) is 1. The van der Waals surface area contributed by atoms with E-state index in [1.165, 1.54) is 11.8 Å². The number of amides is 1. The Bertz CT molecular complexity index is 1230. The minimum absolute atomic E-state index is 0.139. The molecule has 9 heteroatoms. The van der Waals surface area contributed by atoms with Crippen molar-refractivity contribution < 1.29 is 13.9 Å². The van der Waals surface area contributed by atoms with Gasteiger partial charge in [0.15, 0.2) is 0 Å². The maximum Gasteiger partial charge on any atom is 0.277 e. The van der Waals surface area contributed by atoms with Gasteiger partial charge in [0.1, 0.15) is 5.75 Å². The summed E-state index contributed by atoms with van der Waals surface area (Å²) in [7, 11) is 0. The van der Waals surface area contributed by atoms with Crippen LogP contribution in [-0.4, -0.2) is 28.5 Å². The van der Waals surface area contributed by atoms with E-state index in [9.17, 15) is 4.79 Å². The minimum Gasteiger partial charge on any atom is -0.492 e. The van der Waals surface area contributed by atoms with E-state index in [-0.39, 0.29) is 11.7 Å². The highest BCUT2D eigenvalue weighted by Crippen LogP contribution is 2.28. The van der Waals surface area contributed by atoms with Crippen LogP contribution in [0.3, 0.4) is 0 Å². The second-order valence-corrected chi connectivity index (χ2v) is 8.62. The molecule has 0 saturated heterocycles. The lowest BCUT2D eigenvalue weighted by atomic mass is 10.1. The summed E-state index contributed by atoms with van der Waals surface area (Å²) < 4.78 is 11.3. The van der Waals surface area contributed by atoms with E-state index >= 15 is 0 Å². The number of carbonyl (C=O) groups excluding carboxylic acids is 1. The number of nitrogens with zero attached hydrogens (tertiary/aromatic N) is 2. The Morgan fingerprint density at radius 1 is 1.06 bits per heavy atom. The van der Waals surface area contributed by atoms with Gasteiger partial charge in [-0.2, -0.15) is 0 Å². The first-order valence-corrected chi connectivity index (χ1v) is 11.6. The van der Waals surface area contributed by atoms with Crippen LogP contribution in [0.5, 0.6) is 5.75 Å². The quantitative estimate of drug-likeness (QED) is 0.221. The Morgan fingerprint density at radius 2 is 1.91 bits per heavy atom. The van der Waals surface area contributed by atoms with Crippen LogP contribution in [0.2, 0.25) is 10.0 Å². The molecule has 4 rings (SSSR count). The molecule has 0 aliphatic rings. The molecule has 0 spiro atoms. The van der Waals surface area contributed by atoms with Crippen LogP contribution >= 0.6 is 35.0 Å². The molecule has 0 radical (unpaired) electrons. The van der Waals surface area contributed by atoms with Crippen LogP contribution in [0.1, 0.15) is 12.3 Å². The number of halogens is 2. The third-order valence-electron chi connectivity index (χ3n) is 4.53. The fraction of sp³-hybridized carbons (Fsp3) is 0.174. The molecule has 0 atom stereocenters. The molecule has 0 unspecified atom stereocenters. The SMILES string of the molecule is O=C(CSc1nnc(CCCOc2ccc(Cl)cc2Cl)o1)Nc1cccc2ccccc12. The van der Waals surface area contributed by atoms with Gasteiger partial charge in [-0.25, -0.2) is 0 Å². The van der Waals surface area contributed by atoms with E-state index in [1.807, 2.05) is 42.5 Å². The topological polar surface area (TPSA) is 77.2 Å². The van der Waals surface area contributed by atoms with Gasteiger partial charge in [0.2, 0.25) is 11.8 Å². The molecule has 1 heterocycles. The van der Waals surface area contributed by atoms with Crippen molar-refractivity contribution in [2.24, 2.45) is 0 Å². The molecule has 0 bridgehead atoms. The number of fused-ring (bicyclic) bond motifs is 1. The standard InChI is InChI=1S/C23H19Cl2N3O3S/c24-16-10-11-20(18(25)13-16)30-12-4-9-22-27-28-23(31-22)32-14-21(29)26-19-8-3-6-15-5-1-2-7-17(15)19/h1-3,5-8,10-11,13H,4,9,12,14H2,(H,26,29). The molecular formula is C23H19Cl2N3O3S. The summed E-state index contributed by atoms with van der Waals surface area (Å²) in [5, 5.41) is 14.4. The Hall–Kier alpha value is -2.74. The zero-order chi connectivity index (χ0) is 22.3. The average Bonchev–Trinajstić information content (AvgIpc) is 3.24. The largest absolute Gasteiger partial charge is 0.492 e. The van der Waals surface area contributed by atoms with Crippen LogP contribution < -0.4 is 10.1 Å². The van der Waals surface area contributed by atoms with Crippen molar-refractivity contribution in [1.82, 2.24) is 10.2 Å². The number of thioether (sulfide) groups is 1. The maximum atomic E-state index is 12.4. The van der Waals surface area contributed by atoms with Crippen molar-refractivity contribution in [2.45, 2.75) is 18.1 Å². The number of carbonyl (C=O) groups is 1. The summed E-state index contributed by atoms with van der Waals surface area (Å²) in [5.74, 6) is 1.10. The lowest BCUT2D eigenvalue weighted by molar-refractivity contribution is -0.113. The van der Waals surface area contributed by atoms with Gasteiger partial charge >= 0.3 is 0 Å². The van der Waals surface area contributed by atoms with Gasteiger partial charge in [-0.15, -0.1) is 10.2 Å². The highest BCUT2D eigenvalue weighted by atomic mass is 35.5. The lowest BCUT2D eigenvalue weighted by Gasteiger charge is -2.08. The first-order valence-electron chi connectivity index (χ1n) is 9.89. The number of hydrogen-bond donors (Lipinski definition) is 1. The number of rotatable bonds is 9. The first kappa shape index (κ1) is 22.5. The van der Waals surface area contributed by atoms with Crippen molar-refractivity contribution >= 4 is 57.3 Å². The van der Waals surface area contributed by atoms with E-state index in [0.717, 1.165) is 16.5 Å². The van der Waals surface area contributed by atoms with Gasteiger partial charge in [0.25, 0.3) is 5.22 Å². The van der Waals surface area contributed by atoms with E-state index in [2.05, 4.69) is 15.5 Å². The lowest BCUT2D eigenvalue weighted by Crippen LogP contribution is -2.14. The predicted octanol–water partition coefficient (Wildman–Crippen LogP) is 6.27. The number of benzene rings is 3. The van der Waals surface area contributed by atoms with Gasteiger partial charge in [-0.3, -0.25) is 4.79 Å². The second-order valence-electron chi connectivity index (χ2n) is 6.85.